The highest BCUT2D eigenvalue weighted by Crippen LogP contribution is 2.28. The number of Topliss-reactive ketones (excluding diaryl/α,β-unsaturated/α-hetero) is 1. The fourth-order valence-corrected chi connectivity index (χ4v) is 4.68. The van der Waals surface area contributed by atoms with Gasteiger partial charge in [-0.2, -0.15) is 15.5 Å². The predicted molar refractivity (Wildman–Crippen MR) is 137 cm³/mol. The quantitative estimate of drug-likeness (QED) is 0.478. The van der Waals surface area contributed by atoms with Crippen molar-refractivity contribution in [3.8, 4) is 6.07 Å². The van der Waals surface area contributed by atoms with Gasteiger partial charge in [-0.15, -0.1) is 0 Å². The number of ether oxygens (including phenoxy) is 1. The van der Waals surface area contributed by atoms with Crippen molar-refractivity contribution in [3.63, 3.8) is 0 Å². The lowest BCUT2D eigenvalue weighted by molar-refractivity contribution is -0.125. The molecular formula is C26H31N7O2. The Morgan fingerprint density at radius 2 is 2.03 bits per heavy atom. The molecule has 0 radical (unpaired) electrons. The number of nitrogens with zero attached hydrogens (tertiary/aromatic N) is 6. The van der Waals surface area contributed by atoms with E-state index in [9.17, 15) is 10.1 Å². The summed E-state index contributed by atoms with van der Waals surface area (Å²) in [4.78, 5) is 15.3. The van der Waals surface area contributed by atoms with Crippen LogP contribution in [0.5, 0.6) is 0 Å². The van der Waals surface area contributed by atoms with E-state index in [1.54, 1.807) is 25.3 Å². The number of piperidine rings is 1. The summed E-state index contributed by atoms with van der Waals surface area (Å²) >= 11 is 0. The first-order valence-electron chi connectivity index (χ1n) is 11.8. The normalized spacial score (nSPS) is 23.9. The molecule has 2 atom stereocenters. The lowest BCUT2D eigenvalue weighted by Gasteiger charge is -2.41. The number of rotatable bonds is 7. The van der Waals surface area contributed by atoms with Gasteiger partial charge in [0, 0.05) is 32.8 Å². The molecule has 4 rings (SSSR count). The summed E-state index contributed by atoms with van der Waals surface area (Å²) in [6, 6.07) is 11.8. The van der Waals surface area contributed by atoms with E-state index in [1.807, 2.05) is 51.5 Å². The van der Waals surface area contributed by atoms with Crippen LogP contribution in [0.25, 0.3) is 0 Å². The molecule has 9 heteroatoms. The third-order valence-electron chi connectivity index (χ3n) is 6.61. The number of nitriles is 1. The minimum Gasteiger partial charge on any atom is -0.384 e. The van der Waals surface area contributed by atoms with Crippen LogP contribution in [0.4, 0.5) is 5.69 Å². The molecule has 3 heterocycles. The number of hydrogen-bond acceptors (Lipinski definition) is 9. The number of benzene rings is 1. The molecule has 35 heavy (non-hydrogen) atoms. The van der Waals surface area contributed by atoms with Crippen LogP contribution in [0.2, 0.25) is 0 Å². The Hall–Kier alpha value is -3.90. The molecule has 0 aliphatic carbocycles. The van der Waals surface area contributed by atoms with Crippen LogP contribution in [0, 0.1) is 11.3 Å². The summed E-state index contributed by atoms with van der Waals surface area (Å²) in [5, 5.41) is 22.7. The molecule has 1 fully saturated rings. The van der Waals surface area contributed by atoms with Crippen LogP contribution in [-0.2, 0) is 9.53 Å². The van der Waals surface area contributed by atoms with Gasteiger partial charge in [0.25, 0.3) is 0 Å². The molecule has 2 unspecified atom stereocenters. The molecule has 3 aliphatic rings. The first-order chi connectivity index (χ1) is 17.1. The summed E-state index contributed by atoms with van der Waals surface area (Å²) < 4.78 is 5.58. The van der Waals surface area contributed by atoms with Crippen molar-refractivity contribution >= 4 is 23.4 Å². The lowest BCUT2D eigenvalue weighted by Crippen LogP contribution is -2.55. The van der Waals surface area contributed by atoms with Gasteiger partial charge < -0.3 is 15.4 Å². The number of hydrazone groups is 2. The highest BCUT2D eigenvalue weighted by atomic mass is 16.5. The Morgan fingerprint density at radius 1 is 1.29 bits per heavy atom. The van der Waals surface area contributed by atoms with Gasteiger partial charge in [-0.05, 0) is 31.1 Å². The molecular weight excluding hydrogens is 442 g/mol. The van der Waals surface area contributed by atoms with E-state index in [0.29, 0.717) is 43.2 Å². The zero-order valence-corrected chi connectivity index (χ0v) is 20.0. The summed E-state index contributed by atoms with van der Waals surface area (Å²) in [6.45, 7) is 5.44. The average molecular weight is 474 g/mol. The van der Waals surface area contributed by atoms with E-state index in [2.05, 4.69) is 17.7 Å². The summed E-state index contributed by atoms with van der Waals surface area (Å²) in [5.74, 6) is 0.385. The number of nitrogens with two attached hydrogens (primary N) is 1. The van der Waals surface area contributed by atoms with Crippen molar-refractivity contribution in [2.45, 2.75) is 37.5 Å². The Kier molecular flexibility index (Phi) is 7.63. The van der Waals surface area contributed by atoms with E-state index < -0.39 is 6.10 Å². The minimum atomic E-state index is -0.571. The van der Waals surface area contributed by atoms with E-state index in [-0.39, 0.29) is 17.9 Å². The fraction of sp³-hybridized carbons (Fsp3) is 0.385. The number of para-hydroxylation sites is 1. The second kappa shape index (κ2) is 11.0. The van der Waals surface area contributed by atoms with Gasteiger partial charge in [0.1, 0.15) is 29.7 Å². The van der Waals surface area contributed by atoms with Crippen LogP contribution < -0.4 is 10.7 Å². The van der Waals surface area contributed by atoms with Crippen LogP contribution >= 0.6 is 0 Å². The van der Waals surface area contributed by atoms with Gasteiger partial charge in [-0.3, -0.25) is 14.8 Å². The zero-order valence-electron chi connectivity index (χ0n) is 20.0. The Morgan fingerprint density at radius 3 is 2.69 bits per heavy atom. The van der Waals surface area contributed by atoms with Crippen LogP contribution in [0.1, 0.15) is 19.3 Å². The Balaban J connectivity index is 1.52. The van der Waals surface area contributed by atoms with E-state index in [0.717, 1.165) is 18.5 Å². The highest BCUT2D eigenvalue weighted by Gasteiger charge is 2.41. The number of hydrogen-bond donors (Lipinski definition) is 1. The van der Waals surface area contributed by atoms with Crippen molar-refractivity contribution in [1.29, 1.82) is 5.26 Å². The van der Waals surface area contributed by atoms with Gasteiger partial charge in [-0.1, -0.05) is 36.9 Å². The predicted octanol–water partition coefficient (Wildman–Crippen LogP) is 2.41. The molecule has 9 nitrogen and oxygen atoms in total. The van der Waals surface area contributed by atoms with E-state index in [4.69, 9.17) is 15.6 Å². The molecule has 0 saturated carbocycles. The van der Waals surface area contributed by atoms with Crippen LogP contribution in [-0.4, -0.2) is 72.6 Å². The molecule has 0 bridgehead atoms. The van der Waals surface area contributed by atoms with Gasteiger partial charge in [0.15, 0.2) is 0 Å². The standard InChI is InChI=1S/C26H31N7O2/c1-3-4-8-19(17-27)26(28)31-15-12-20(13-16-31)32-18-23(35-2)25(34)24(30-32)22-11-14-29-33(22)21-9-6-5-7-10-21/h3-10,14,20,22-23H,1,11-13,15-16,18,28H2,2H3/b8-4-,26-19-. The van der Waals surface area contributed by atoms with Crippen molar-refractivity contribution in [2.24, 2.45) is 15.9 Å². The van der Waals surface area contributed by atoms with E-state index in [1.165, 1.54) is 0 Å². The van der Waals surface area contributed by atoms with Crippen LogP contribution in [0.3, 0.4) is 0 Å². The zero-order chi connectivity index (χ0) is 24.8. The third-order valence-corrected chi connectivity index (χ3v) is 6.61. The topological polar surface area (TPSA) is 111 Å². The number of carbonyl (C=O) groups excluding carboxylic acids is 1. The summed E-state index contributed by atoms with van der Waals surface area (Å²) in [7, 11) is 1.57. The average Bonchev–Trinajstić information content (AvgIpc) is 3.39. The minimum absolute atomic E-state index is 0.0857. The number of methoxy groups -OCH3 is 1. The molecule has 0 spiro atoms. The third kappa shape index (κ3) is 5.12. The molecule has 1 aromatic carbocycles. The first kappa shape index (κ1) is 24.2. The van der Waals surface area contributed by atoms with Gasteiger partial charge in [0.05, 0.1) is 23.8 Å². The molecule has 1 saturated heterocycles. The largest absolute Gasteiger partial charge is 0.384 e. The molecule has 0 amide bonds. The van der Waals surface area contributed by atoms with Crippen molar-refractivity contribution in [2.75, 3.05) is 31.8 Å². The Bertz CT molecular complexity index is 1090. The molecule has 182 valence electrons. The smallest absolute Gasteiger partial charge is 0.211 e. The fourth-order valence-electron chi connectivity index (χ4n) is 4.68. The number of ketones is 1. The molecule has 2 N–H and O–H groups in total. The maximum absolute atomic E-state index is 13.2. The maximum atomic E-state index is 13.2. The maximum Gasteiger partial charge on any atom is 0.211 e. The number of carbonyl (C=O) groups is 1. The monoisotopic (exact) mass is 473 g/mol. The van der Waals surface area contributed by atoms with Crippen LogP contribution in [0.15, 0.2) is 76.7 Å². The SMILES string of the molecule is C=C/C=C\C(C#N)=C(/N)N1CCC(N2CC(OC)C(=O)C(C3CC=NN3c3ccccc3)=N2)CC1. The van der Waals surface area contributed by atoms with Gasteiger partial charge >= 0.3 is 0 Å². The summed E-state index contributed by atoms with van der Waals surface area (Å²) in [5.41, 5.74) is 8.10. The van der Waals surface area contributed by atoms with Gasteiger partial charge in [-0.25, -0.2) is 0 Å². The first-order valence-corrected chi connectivity index (χ1v) is 11.8. The number of likely N-dealkylation sites (tertiary alicyclic amines) is 1. The van der Waals surface area contributed by atoms with E-state index >= 15 is 0 Å². The van der Waals surface area contributed by atoms with Crippen molar-refractivity contribution in [1.82, 2.24) is 9.91 Å². The summed E-state index contributed by atoms with van der Waals surface area (Å²) in [6.07, 6.45) is 8.46. The number of anilines is 1. The Labute approximate surface area is 206 Å². The highest BCUT2D eigenvalue weighted by molar-refractivity contribution is 6.44. The second-order valence-corrected chi connectivity index (χ2v) is 8.65. The molecule has 3 aliphatic heterocycles. The molecule has 0 aromatic heterocycles. The lowest BCUT2D eigenvalue weighted by atomic mass is 9.97. The number of allylic oxidation sites excluding steroid dienone is 4. The van der Waals surface area contributed by atoms with Crippen molar-refractivity contribution in [3.05, 3.63) is 66.5 Å². The molecule has 1 aromatic rings. The van der Waals surface area contributed by atoms with Gasteiger partial charge in [0.2, 0.25) is 5.78 Å². The second-order valence-electron chi connectivity index (χ2n) is 8.65. The van der Waals surface area contributed by atoms with Crippen molar-refractivity contribution < 1.29 is 9.53 Å².